The molecule has 0 spiro atoms. The van der Waals surface area contributed by atoms with Crippen LogP contribution in [0.2, 0.25) is 0 Å². The minimum Gasteiger partial charge on any atom is -0.494 e. The second-order valence-electron chi connectivity index (χ2n) is 4.45. The van der Waals surface area contributed by atoms with Crippen molar-refractivity contribution in [1.29, 1.82) is 0 Å². The molecule has 2 nitrogen and oxygen atoms in total. The third kappa shape index (κ3) is 3.86. The number of para-hydroxylation sites is 1. The minimum atomic E-state index is 0.815. The van der Waals surface area contributed by atoms with Crippen LogP contribution in [0.15, 0.2) is 30.3 Å². The van der Waals surface area contributed by atoms with E-state index in [2.05, 4.69) is 5.32 Å². The molecule has 0 heterocycles. The molecule has 1 aromatic carbocycles. The lowest BCUT2D eigenvalue weighted by Crippen LogP contribution is -2.35. The van der Waals surface area contributed by atoms with Gasteiger partial charge >= 0.3 is 0 Å². The molecule has 0 bridgehead atoms. The smallest absolute Gasteiger partial charge is 0.119 e. The highest BCUT2D eigenvalue weighted by Crippen LogP contribution is 2.17. The van der Waals surface area contributed by atoms with Crippen LogP contribution in [0, 0.1) is 0 Å². The minimum absolute atomic E-state index is 0.815. The van der Waals surface area contributed by atoms with Crippen LogP contribution in [0.25, 0.3) is 0 Å². The van der Waals surface area contributed by atoms with Crippen LogP contribution in [0.5, 0.6) is 5.75 Å². The third-order valence-corrected chi connectivity index (χ3v) is 3.12. The van der Waals surface area contributed by atoms with Crippen LogP contribution in [-0.2, 0) is 0 Å². The molecular weight excluding hydrogens is 198 g/mol. The predicted octanol–water partition coefficient (Wildman–Crippen LogP) is 2.99. The van der Waals surface area contributed by atoms with Gasteiger partial charge in [0.25, 0.3) is 0 Å². The Kier molecular flexibility index (Phi) is 4.69. The lowest BCUT2D eigenvalue weighted by Gasteiger charge is -2.26. The van der Waals surface area contributed by atoms with E-state index >= 15 is 0 Å². The van der Waals surface area contributed by atoms with E-state index in [4.69, 9.17) is 4.74 Å². The summed E-state index contributed by atoms with van der Waals surface area (Å²) >= 11 is 0. The van der Waals surface area contributed by atoms with Crippen LogP contribution < -0.4 is 10.1 Å². The summed E-state index contributed by atoms with van der Waals surface area (Å²) in [5.74, 6) is 0.981. The van der Waals surface area contributed by atoms with Crippen molar-refractivity contribution in [2.24, 2.45) is 0 Å². The van der Waals surface area contributed by atoms with Gasteiger partial charge in [-0.1, -0.05) is 24.6 Å². The van der Waals surface area contributed by atoms with Crippen LogP contribution in [0.3, 0.4) is 0 Å². The molecule has 0 aliphatic heterocycles. The van der Waals surface area contributed by atoms with Gasteiger partial charge in [0.05, 0.1) is 6.61 Å². The van der Waals surface area contributed by atoms with Gasteiger partial charge < -0.3 is 10.1 Å². The fraction of sp³-hybridized carbons (Fsp3) is 0.571. The maximum Gasteiger partial charge on any atom is 0.119 e. The van der Waals surface area contributed by atoms with E-state index < -0.39 is 0 Å². The summed E-state index contributed by atoms with van der Waals surface area (Å²) in [6, 6.07) is 10.9. The van der Waals surface area contributed by atoms with Gasteiger partial charge in [0.15, 0.2) is 0 Å². The molecule has 1 saturated carbocycles. The first-order chi connectivity index (χ1) is 7.95. The average Bonchev–Trinajstić information content (AvgIpc) is 2.27. The molecule has 1 aromatic rings. The Balaban J connectivity index is 1.45. The summed E-state index contributed by atoms with van der Waals surface area (Å²) in [5, 5.41) is 3.56. The van der Waals surface area contributed by atoms with Gasteiger partial charge in [0.1, 0.15) is 5.75 Å². The van der Waals surface area contributed by atoms with Crippen molar-refractivity contribution in [3.05, 3.63) is 30.3 Å². The fourth-order valence-electron chi connectivity index (χ4n) is 1.85. The normalized spacial score (nSPS) is 15.8. The molecule has 1 aliphatic carbocycles. The Hall–Kier alpha value is -1.02. The topological polar surface area (TPSA) is 21.3 Å². The van der Waals surface area contributed by atoms with Crippen molar-refractivity contribution >= 4 is 0 Å². The van der Waals surface area contributed by atoms with Crippen molar-refractivity contribution in [2.45, 2.75) is 38.1 Å². The third-order valence-electron chi connectivity index (χ3n) is 3.12. The monoisotopic (exact) mass is 219 g/mol. The number of rotatable bonds is 7. The molecule has 0 unspecified atom stereocenters. The summed E-state index contributed by atoms with van der Waals surface area (Å²) in [5.41, 5.74) is 0. The van der Waals surface area contributed by atoms with Gasteiger partial charge in [0.2, 0.25) is 0 Å². The van der Waals surface area contributed by atoms with Crippen molar-refractivity contribution in [3.63, 3.8) is 0 Å². The number of benzene rings is 1. The quantitative estimate of drug-likeness (QED) is 0.712. The standard InChI is InChI=1S/C14H21NO/c1-2-9-14(10-3-1)16-12-5-4-11-15-13-7-6-8-13/h1-3,9-10,13,15H,4-8,11-12H2. The molecule has 2 rings (SSSR count). The van der Waals surface area contributed by atoms with Gasteiger partial charge in [-0.25, -0.2) is 0 Å². The van der Waals surface area contributed by atoms with Crippen molar-refractivity contribution in [1.82, 2.24) is 5.32 Å². The zero-order valence-electron chi connectivity index (χ0n) is 9.82. The van der Waals surface area contributed by atoms with Crippen molar-refractivity contribution in [2.75, 3.05) is 13.2 Å². The Bertz CT molecular complexity index is 282. The van der Waals surface area contributed by atoms with Crippen LogP contribution in [0.4, 0.5) is 0 Å². The lowest BCUT2D eigenvalue weighted by atomic mass is 9.93. The molecule has 16 heavy (non-hydrogen) atoms. The zero-order valence-corrected chi connectivity index (χ0v) is 9.82. The number of unbranched alkanes of at least 4 members (excludes halogenated alkanes) is 1. The van der Waals surface area contributed by atoms with Gasteiger partial charge in [-0.15, -0.1) is 0 Å². The number of ether oxygens (including phenoxy) is 1. The first kappa shape index (κ1) is 11.5. The highest BCUT2D eigenvalue weighted by molar-refractivity contribution is 5.20. The fourth-order valence-corrected chi connectivity index (χ4v) is 1.85. The van der Waals surface area contributed by atoms with E-state index in [-0.39, 0.29) is 0 Å². The van der Waals surface area contributed by atoms with Gasteiger partial charge in [-0.05, 0) is 44.4 Å². The Morgan fingerprint density at radius 1 is 1.12 bits per heavy atom. The second kappa shape index (κ2) is 6.54. The first-order valence-electron chi connectivity index (χ1n) is 6.36. The van der Waals surface area contributed by atoms with E-state index in [0.29, 0.717) is 0 Å². The van der Waals surface area contributed by atoms with Crippen LogP contribution in [-0.4, -0.2) is 19.2 Å². The van der Waals surface area contributed by atoms with Crippen LogP contribution in [0.1, 0.15) is 32.1 Å². The summed E-state index contributed by atoms with van der Waals surface area (Å²) in [7, 11) is 0. The van der Waals surface area contributed by atoms with E-state index in [1.165, 1.54) is 25.7 Å². The number of hydrogen-bond acceptors (Lipinski definition) is 2. The highest BCUT2D eigenvalue weighted by Gasteiger charge is 2.15. The molecule has 0 aromatic heterocycles. The van der Waals surface area contributed by atoms with Gasteiger partial charge in [0, 0.05) is 6.04 Å². The van der Waals surface area contributed by atoms with E-state index in [1.807, 2.05) is 30.3 Å². The highest BCUT2D eigenvalue weighted by atomic mass is 16.5. The molecule has 2 heteroatoms. The summed E-state index contributed by atoms with van der Waals surface area (Å²) < 4.78 is 5.63. The molecule has 88 valence electrons. The maximum absolute atomic E-state index is 5.63. The van der Waals surface area contributed by atoms with Crippen molar-refractivity contribution in [3.8, 4) is 5.75 Å². The molecule has 0 saturated heterocycles. The Morgan fingerprint density at radius 2 is 1.94 bits per heavy atom. The van der Waals surface area contributed by atoms with Crippen molar-refractivity contribution < 1.29 is 4.74 Å². The molecule has 0 radical (unpaired) electrons. The Labute approximate surface area is 98.0 Å². The van der Waals surface area contributed by atoms with Gasteiger partial charge in [-0.2, -0.15) is 0 Å². The number of nitrogens with one attached hydrogen (secondary N) is 1. The molecule has 0 atom stereocenters. The summed E-state index contributed by atoms with van der Waals surface area (Å²) in [6.07, 6.45) is 6.51. The van der Waals surface area contributed by atoms with E-state index in [1.54, 1.807) is 0 Å². The molecule has 1 aliphatic rings. The molecule has 1 N–H and O–H groups in total. The molecule has 0 amide bonds. The van der Waals surface area contributed by atoms with E-state index in [9.17, 15) is 0 Å². The molecule has 1 fully saturated rings. The summed E-state index contributed by atoms with van der Waals surface area (Å²) in [6.45, 7) is 1.97. The maximum atomic E-state index is 5.63. The lowest BCUT2D eigenvalue weighted by molar-refractivity contribution is 0.295. The Morgan fingerprint density at radius 3 is 2.62 bits per heavy atom. The SMILES string of the molecule is c1ccc(OCCCCNC2CCC2)cc1. The number of hydrogen-bond donors (Lipinski definition) is 1. The molecular formula is C14H21NO. The average molecular weight is 219 g/mol. The zero-order chi connectivity index (χ0) is 11.1. The van der Waals surface area contributed by atoms with Gasteiger partial charge in [-0.3, -0.25) is 0 Å². The van der Waals surface area contributed by atoms with E-state index in [0.717, 1.165) is 31.4 Å². The summed E-state index contributed by atoms with van der Waals surface area (Å²) in [4.78, 5) is 0. The predicted molar refractivity (Wildman–Crippen MR) is 66.8 cm³/mol. The van der Waals surface area contributed by atoms with Crippen LogP contribution >= 0.6 is 0 Å². The largest absolute Gasteiger partial charge is 0.494 e. The first-order valence-corrected chi connectivity index (χ1v) is 6.36. The second-order valence-corrected chi connectivity index (χ2v) is 4.45.